The number of likely N-dealkylation sites (tertiary alicyclic amines) is 1. The molecule has 1 saturated carbocycles. The number of hydroxylamine groups is 2. The lowest BCUT2D eigenvalue weighted by molar-refractivity contribution is -0.160. The SMILES string of the molecule is CCCCOc1ccc(S(=O)(=O)N(C)C[C@H](CCC2CCCC2)C(=O)N(O)C(=O)N2CCCCC2)cc1. The van der Waals surface area contributed by atoms with Gasteiger partial charge in [-0.3, -0.25) is 10.0 Å². The van der Waals surface area contributed by atoms with E-state index in [-0.39, 0.29) is 16.5 Å². The van der Waals surface area contributed by atoms with Gasteiger partial charge >= 0.3 is 6.03 Å². The maximum atomic E-state index is 13.3. The lowest BCUT2D eigenvalue weighted by Gasteiger charge is -2.31. The molecule has 3 rings (SSSR count). The molecule has 10 heteroatoms. The predicted molar refractivity (Wildman–Crippen MR) is 141 cm³/mol. The highest BCUT2D eigenvalue weighted by Gasteiger charge is 2.35. The van der Waals surface area contributed by atoms with E-state index in [1.807, 2.05) is 0 Å². The first kappa shape index (κ1) is 29.4. The number of unbranched alkanes of at least 4 members (excludes halogenated alkanes) is 1. The van der Waals surface area contributed by atoms with Crippen LogP contribution in [-0.4, -0.2) is 73.1 Å². The molecule has 1 atom stereocenters. The summed E-state index contributed by atoms with van der Waals surface area (Å²) >= 11 is 0. The number of imide groups is 1. The summed E-state index contributed by atoms with van der Waals surface area (Å²) in [5.41, 5.74) is 0. The highest BCUT2D eigenvalue weighted by molar-refractivity contribution is 7.89. The van der Waals surface area contributed by atoms with E-state index >= 15 is 0 Å². The second kappa shape index (κ2) is 14.1. The van der Waals surface area contributed by atoms with Gasteiger partial charge in [0.15, 0.2) is 0 Å². The van der Waals surface area contributed by atoms with Crippen molar-refractivity contribution in [2.75, 3.05) is 33.3 Å². The molecular formula is C27H43N3O6S. The highest BCUT2D eigenvalue weighted by Crippen LogP contribution is 2.31. The quantitative estimate of drug-likeness (QED) is 0.231. The zero-order chi connectivity index (χ0) is 26.8. The van der Waals surface area contributed by atoms with E-state index in [0.717, 1.165) is 68.5 Å². The Bertz CT molecular complexity index is 972. The minimum Gasteiger partial charge on any atom is -0.494 e. The van der Waals surface area contributed by atoms with Crippen molar-refractivity contribution in [3.05, 3.63) is 24.3 Å². The molecule has 1 aliphatic carbocycles. The van der Waals surface area contributed by atoms with Crippen LogP contribution in [0.25, 0.3) is 0 Å². The Kier molecular flexibility index (Phi) is 11.2. The van der Waals surface area contributed by atoms with Gasteiger partial charge in [-0.05, 0) is 68.7 Å². The number of carbonyl (C=O) groups excluding carboxylic acids is 2. The van der Waals surface area contributed by atoms with Crippen molar-refractivity contribution in [2.45, 2.75) is 82.4 Å². The van der Waals surface area contributed by atoms with Crippen LogP contribution in [-0.2, 0) is 14.8 Å². The van der Waals surface area contributed by atoms with Crippen molar-refractivity contribution < 1.29 is 28.0 Å². The molecule has 208 valence electrons. The Hall–Kier alpha value is -2.17. The number of hydrogen-bond donors (Lipinski definition) is 1. The van der Waals surface area contributed by atoms with Crippen LogP contribution in [0.2, 0.25) is 0 Å². The van der Waals surface area contributed by atoms with Gasteiger partial charge < -0.3 is 9.64 Å². The summed E-state index contributed by atoms with van der Waals surface area (Å²) in [4.78, 5) is 27.7. The number of rotatable bonds is 12. The van der Waals surface area contributed by atoms with Gasteiger partial charge in [0.1, 0.15) is 5.75 Å². The second-order valence-corrected chi connectivity index (χ2v) is 12.4. The normalized spacial score (nSPS) is 17.7. The van der Waals surface area contributed by atoms with Crippen LogP contribution < -0.4 is 4.74 Å². The van der Waals surface area contributed by atoms with E-state index < -0.39 is 27.9 Å². The first-order valence-corrected chi connectivity index (χ1v) is 15.2. The number of sulfonamides is 1. The largest absolute Gasteiger partial charge is 0.494 e. The van der Waals surface area contributed by atoms with Crippen LogP contribution in [0.4, 0.5) is 4.79 Å². The average molecular weight is 538 g/mol. The summed E-state index contributed by atoms with van der Waals surface area (Å²) in [7, 11) is -2.45. The first-order valence-electron chi connectivity index (χ1n) is 13.7. The number of benzene rings is 1. The van der Waals surface area contributed by atoms with E-state index in [4.69, 9.17) is 4.74 Å². The summed E-state index contributed by atoms with van der Waals surface area (Å²) < 4.78 is 33.4. The van der Waals surface area contributed by atoms with Crippen LogP contribution in [0, 0.1) is 11.8 Å². The molecule has 0 bridgehead atoms. The maximum absolute atomic E-state index is 13.3. The lowest BCUT2D eigenvalue weighted by atomic mass is 9.94. The van der Waals surface area contributed by atoms with E-state index in [1.54, 1.807) is 12.1 Å². The third-order valence-corrected chi connectivity index (χ3v) is 9.38. The van der Waals surface area contributed by atoms with E-state index in [0.29, 0.717) is 37.8 Å². The van der Waals surface area contributed by atoms with Crippen LogP contribution in [0.3, 0.4) is 0 Å². The molecule has 1 aliphatic heterocycles. The Morgan fingerprint density at radius 3 is 2.35 bits per heavy atom. The number of piperidine rings is 1. The fraction of sp³-hybridized carbons (Fsp3) is 0.704. The molecule has 1 heterocycles. The lowest BCUT2D eigenvalue weighted by Crippen LogP contribution is -2.49. The molecule has 0 aromatic heterocycles. The van der Waals surface area contributed by atoms with Gasteiger partial charge in [0.05, 0.1) is 17.4 Å². The number of carbonyl (C=O) groups is 2. The second-order valence-electron chi connectivity index (χ2n) is 10.4. The standard InChI is InChI=1S/C27H43N3O6S/c1-3-4-20-36-24-14-16-25(17-15-24)37(34,35)28(2)21-23(13-12-22-10-6-7-11-22)26(31)30(33)27(32)29-18-8-5-9-19-29/h14-17,22-23,33H,3-13,18-21H2,1-2H3/t23-/m0/s1. The number of ether oxygens (including phenoxy) is 1. The number of amides is 3. The topological polar surface area (TPSA) is 107 Å². The summed E-state index contributed by atoms with van der Waals surface area (Å²) in [6.45, 7) is 3.53. The molecule has 9 nitrogen and oxygen atoms in total. The minimum atomic E-state index is -3.88. The van der Waals surface area contributed by atoms with Crippen molar-refractivity contribution in [1.29, 1.82) is 0 Å². The summed E-state index contributed by atoms with van der Waals surface area (Å²) in [6, 6.07) is 5.54. The first-order chi connectivity index (χ1) is 17.7. The summed E-state index contributed by atoms with van der Waals surface area (Å²) in [5.74, 6) is -0.472. The van der Waals surface area contributed by atoms with Gasteiger partial charge in [0.2, 0.25) is 10.0 Å². The molecule has 0 radical (unpaired) electrons. The zero-order valence-corrected chi connectivity index (χ0v) is 23.1. The van der Waals surface area contributed by atoms with Crippen LogP contribution in [0.5, 0.6) is 5.75 Å². The molecule has 0 spiro atoms. The fourth-order valence-electron chi connectivity index (χ4n) is 5.15. The molecule has 37 heavy (non-hydrogen) atoms. The molecule has 0 unspecified atom stereocenters. The van der Waals surface area contributed by atoms with Gasteiger partial charge in [0, 0.05) is 26.7 Å². The van der Waals surface area contributed by atoms with Gasteiger partial charge in [0.25, 0.3) is 5.91 Å². The number of nitrogens with zero attached hydrogens (tertiary/aromatic N) is 3. The van der Waals surface area contributed by atoms with Crippen LogP contribution in [0.1, 0.15) is 77.6 Å². The zero-order valence-electron chi connectivity index (χ0n) is 22.3. The maximum Gasteiger partial charge on any atom is 0.351 e. The third kappa shape index (κ3) is 8.15. The number of hydrogen-bond acceptors (Lipinski definition) is 6. The molecule has 1 saturated heterocycles. The summed E-state index contributed by atoms with van der Waals surface area (Å²) in [5, 5.41) is 10.8. The van der Waals surface area contributed by atoms with E-state index in [1.165, 1.54) is 24.1 Å². The molecule has 3 amide bonds. The smallest absolute Gasteiger partial charge is 0.351 e. The molecule has 1 aromatic rings. The van der Waals surface area contributed by atoms with Gasteiger partial charge in [-0.2, -0.15) is 0 Å². The molecule has 2 aliphatic rings. The monoisotopic (exact) mass is 537 g/mol. The highest BCUT2D eigenvalue weighted by atomic mass is 32.2. The Labute approximate surface area is 221 Å². The molecule has 1 aromatic carbocycles. The molecular weight excluding hydrogens is 494 g/mol. The van der Waals surface area contributed by atoms with E-state index in [9.17, 15) is 23.2 Å². The Balaban J connectivity index is 1.70. The van der Waals surface area contributed by atoms with Crippen LogP contribution in [0.15, 0.2) is 29.2 Å². The van der Waals surface area contributed by atoms with Crippen molar-refractivity contribution in [2.24, 2.45) is 11.8 Å². The summed E-state index contributed by atoms with van der Waals surface area (Å²) in [6.07, 6.45) is 10.3. The Morgan fingerprint density at radius 2 is 1.73 bits per heavy atom. The van der Waals surface area contributed by atoms with Gasteiger partial charge in [-0.25, -0.2) is 17.5 Å². The molecule has 1 N–H and O–H groups in total. The molecule has 2 fully saturated rings. The van der Waals surface area contributed by atoms with Crippen LogP contribution >= 0.6 is 0 Å². The average Bonchev–Trinajstić information content (AvgIpc) is 3.44. The van der Waals surface area contributed by atoms with Crippen molar-refractivity contribution >= 4 is 22.0 Å². The predicted octanol–water partition coefficient (Wildman–Crippen LogP) is 4.90. The fourth-order valence-corrected chi connectivity index (χ4v) is 6.36. The van der Waals surface area contributed by atoms with E-state index in [2.05, 4.69) is 6.92 Å². The third-order valence-electron chi connectivity index (χ3n) is 7.54. The Morgan fingerprint density at radius 1 is 1.08 bits per heavy atom. The minimum absolute atomic E-state index is 0.102. The van der Waals surface area contributed by atoms with Gasteiger partial charge in [-0.15, -0.1) is 5.06 Å². The van der Waals surface area contributed by atoms with Crippen molar-refractivity contribution in [1.82, 2.24) is 14.3 Å². The van der Waals surface area contributed by atoms with Gasteiger partial charge in [-0.1, -0.05) is 39.0 Å². The van der Waals surface area contributed by atoms with Crippen molar-refractivity contribution in [3.8, 4) is 5.75 Å². The van der Waals surface area contributed by atoms with Crippen molar-refractivity contribution in [3.63, 3.8) is 0 Å². The number of urea groups is 1.